The van der Waals surface area contributed by atoms with E-state index in [-0.39, 0.29) is 17.1 Å². The van der Waals surface area contributed by atoms with Crippen LogP contribution in [0.4, 0.5) is 11.4 Å². The van der Waals surface area contributed by atoms with Crippen LogP contribution >= 0.6 is 15.9 Å². The Kier molecular flexibility index (Phi) is 5.69. The highest BCUT2D eigenvalue weighted by molar-refractivity contribution is 9.10. The third kappa shape index (κ3) is 5.02. The molecule has 0 fully saturated rings. The highest BCUT2D eigenvalue weighted by atomic mass is 79.9. The second kappa shape index (κ2) is 7.53. The van der Waals surface area contributed by atoms with Crippen molar-refractivity contribution in [2.75, 3.05) is 18.4 Å². The summed E-state index contributed by atoms with van der Waals surface area (Å²) in [6.07, 6.45) is 0. The number of nitrogens with zero attached hydrogens (tertiary/aromatic N) is 1. The van der Waals surface area contributed by atoms with Crippen LogP contribution in [0.15, 0.2) is 57.9 Å². The summed E-state index contributed by atoms with van der Waals surface area (Å²) in [4.78, 5) is 10.3. The first-order valence-electron chi connectivity index (χ1n) is 6.62. The van der Waals surface area contributed by atoms with Crippen LogP contribution < -0.4 is 10.0 Å². The quantitative estimate of drug-likeness (QED) is 0.423. The topological polar surface area (TPSA) is 101 Å². The number of nitro benzene ring substituents is 1. The fourth-order valence-electron chi connectivity index (χ4n) is 1.81. The molecular formula is C14H14BrN3O4S. The highest BCUT2D eigenvalue weighted by Crippen LogP contribution is 2.16. The molecule has 2 N–H and O–H groups in total. The lowest BCUT2D eigenvalue weighted by molar-refractivity contribution is -0.384. The van der Waals surface area contributed by atoms with E-state index in [0.717, 1.165) is 0 Å². The molecule has 0 aliphatic carbocycles. The van der Waals surface area contributed by atoms with Crippen LogP contribution in [-0.2, 0) is 10.0 Å². The van der Waals surface area contributed by atoms with Crippen LogP contribution in [0.1, 0.15) is 0 Å². The van der Waals surface area contributed by atoms with Gasteiger partial charge >= 0.3 is 0 Å². The third-order valence-corrected chi connectivity index (χ3v) is 4.88. The Bertz CT molecular complexity index is 794. The molecule has 2 aromatic carbocycles. The van der Waals surface area contributed by atoms with E-state index in [1.807, 2.05) is 0 Å². The number of non-ortho nitro benzene ring substituents is 1. The first kappa shape index (κ1) is 17.4. The number of sulfonamides is 1. The normalized spacial score (nSPS) is 11.2. The summed E-state index contributed by atoms with van der Waals surface area (Å²) in [5, 5.41) is 13.5. The van der Waals surface area contributed by atoms with Gasteiger partial charge in [0.2, 0.25) is 10.0 Å². The Morgan fingerprint density at radius 3 is 2.39 bits per heavy atom. The molecule has 122 valence electrons. The van der Waals surface area contributed by atoms with E-state index in [1.54, 1.807) is 24.3 Å². The molecule has 0 aliphatic heterocycles. The van der Waals surface area contributed by atoms with Gasteiger partial charge in [-0.1, -0.05) is 22.0 Å². The van der Waals surface area contributed by atoms with Crippen LogP contribution in [0.5, 0.6) is 0 Å². The molecule has 2 rings (SSSR count). The zero-order valence-electron chi connectivity index (χ0n) is 11.9. The molecule has 0 saturated carbocycles. The Hall–Kier alpha value is -1.97. The maximum absolute atomic E-state index is 12.1. The smallest absolute Gasteiger partial charge is 0.269 e. The minimum absolute atomic E-state index is 0.00547. The molecule has 0 aromatic heterocycles. The molecule has 0 heterocycles. The van der Waals surface area contributed by atoms with Crippen molar-refractivity contribution in [2.45, 2.75) is 4.90 Å². The molecule has 0 saturated heterocycles. The first-order valence-corrected chi connectivity index (χ1v) is 8.90. The minimum atomic E-state index is -3.56. The Labute approximate surface area is 142 Å². The molecule has 0 atom stereocenters. The van der Waals surface area contributed by atoms with Crippen molar-refractivity contribution in [3.63, 3.8) is 0 Å². The van der Waals surface area contributed by atoms with Gasteiger partial charge in [0.05, 0.1) is 9.82 Å². The van der Waals surface area contributed by atoms with E-state index in [2.05, 4.69) is 26.0 Å². The Balaban J connectivity index is 1.86. The number of nitro groups is 1. The SMILES string of the molecule is O=[N+]([O-])c1ccc(NCCNS(=O)(=O)c2cccc(Br)c2)cc1. The van der Waals surface area contributed by atoms with Gasteiger partial charge in [-0.05, 0) is 30.3 Å². The van der Waals surface area contributed by atoms with E-state index < -0.39 is 14.9 Å². The van der Waals surface area contributed by atoms with Crippen LogP contribution in [0.25, 0.3) is 0 Å². The fraction of sp³-hybridized carbons (Fsp3) is 0.143. The largest absolute Gasteiger partial charge is 0.384 e. The first-order chi connectivity index (χ1) is 10.9. The van der Waals surface area contributed by atoms with Crippen molar-refractivity contribution < 1.29 is 13.3 Å². The van der Waals surface area contributed by atoms with Crippen molar-refractivity contribution in [1.29, 1.82) is 0 Å². The summed E-state index contributed by atoms with van der Waals surface area (Å²) in [6, 6.07) is 12.3. The number of anilines is 1. The highest BCUT2D eigenvalue weighted by Gasteiger charge is 2.13. The standard InChI is InChI=1S/C14H14BrN3O4S/c15-11-2-1-3-14(10-11)23(21,22)17-9-8-16-12-4-6-13(7-5-12)18(19)20/h1-7,10,16-17H,8-9H2. The maximum Gasteiger partial charge on any atom is 0.269 e. The average Bonchev–Trinajstić information content (AvgIpc) is 2.52. The Morgan fingerprint density at radius 2 is 1.78 bits per heavy atom. The molecule has 0 amide bonds. The molecule has 0 bridgehead atoms. The molecule has 0 radical (unpaired) electrons. The fourth-order valence-corrected chi connectivity index (χ4v) is 3.44. The minimum Gasteiger partial charge on any atom is -0.384 e. The van der Waals surface area contributed by atoms with Gasteiger partial charge in [-0.3, -0.25) is 10.1 Å². The van der Waals surface area contributed by atoms with Crippen LogP contribution in [0.3, 0.4) is 0 Å². The Morgan fingerprint density at radius 1 is 1.09 bits per heavy atom. The second-order valence-electron chi connectivity index (χ2n) is 4.59. The van der Waals surface area contributed by atoms with Crippen LogP contribution in [0.2, 0.25) is 0 Å². The van der Waals surface area contributed by atoms with Gasteiger partial charge in [0.25, 0.3) is 5.69 Å². The number of rotatable bonds is 7. The van der Waals surface area contributed by atoms with Crippen molar-refractivity contribution >= 4 is 37.3 Å². The van der Waals surface area contributed by atoms with Gasteiger partial charge in [-0.15, -0.1) is 0 Å². The van der Waals surface area contributed by atoms with Gasteiger partial charge < -0.3 is 5.32 Å². The summed E-state index contributed by atoms with van der Waals surface area (Å²) in [6.45, 7) is 0.539. The summed E-state index contributed by atoms with van der Waals surface area (Å²) in [7, 11) is -3.56. The van der Waals surface area contributed by atoms with Crippen LogP contribution in [-0.4, -0.2) is 26.4 Å². The lowest BCUT2D eigenvalue weighted by Crippen LogP contribution is -2.28. The molecule has 0 unspecified atom stereocenters. The molecule has 0 aliphatic rings. The molecule has 2 aromatic rings. The molecule has 23 heavy (non-hydrogen) atoms. The second-order valence-corrected chi connectivity index (χ2v) is 7.27. The summed E-state index contributed by atoms with van der Waals surface area (Å²) in [5.41, 5.74) is 0.683. The molecule has 7 nitrogen and oxygen atoms in total. The van der Waals surface area contributed by atoms with Gasteiger partial charge in [-0.25, -0.2) is 13.1 Å². The molecular weight excluding hydrogens is 386 g/mol. The molecule has 0 spiro atoms. The number of nitrogens with one attached hydrogen (secondary N) is 2. The van der Waals surface area contributed by atoms with E-state index in [0.29, 0.717) is 16.7 Å². The van der Waals surface area contributed by atoms with Gasteiger partial charge in [0.1, 0.15) is 0 Å². The van der Waals surface area contributed by atoms with Crippen molar-refractivity contribution in [2.24, 2.45) is 0 Å². The van der Waals surface area contributed by atoms with Crippen LogP contribution in [0, 0.1) is 10.1 Å². The average molecular weight is 400 g/mol. The lowest BCUT2D eigenvalue weighted by Gasteiger charge is -2.09. The monoisotopic (exact) mass is 399 g/mol. The van der Waals surface area contributed by atoms with Crippen molar-refractivity contribution in [3.8, 4) is 0 Å². The van der Waals surface area contributed by atoms with Gasteiger partial charge in [0.15, 0.2) is 0 Å². The van der Waals surface area contributed by atoms with Gasteiger partial charge in [-0.2, -0.15) is 0 Å². The number of hydrogen-bond donors (Lipinski definition) is 2. The van der Waals surface area contributed by atoms with E-state index in [4.69, 9.17) is 0 Å². The van der Waals surface area contributed by atoms with E-state index in [1.165, 1.54) is 24.3 Å². The predicted octanol–water partition coefficient (Wildman–Crippen LogP) is 2.75. The maximum atomic E-state index is 12.1. The number of halogens is 1. The number of hydrogen-bond acceptors (Lipinski definition) is 5. The van der Waals surface area contributed by atoms with Crippen molar-refractivity contribution in [1.82, 2.24) is 4.72 Å². The zero-order chi connectivity index (χ0) is 16.9. The lowest BCUT2D eigenvalue weighted by atomic mass is 10.3. The zero-order valence-corrected chi connectivity index (χ0v) is 14.3. The predicted molar refractivity (Wildman–Crippen MR) is 90.9 cm³/mol. The summed E-state index contributed by atoms with van der Waals surface area (Å²) in [5.74, 6) is 0. The van der Waals surface area contributed by atoms with Gasteiger partial charge in [0, 0.05) is 35.4 Å². The molecule has 9 heteroatoms. The van der Waals surface area contributed by atoms with E-state index in [9.17, 15) is 18.5 Å². The third-order valence-electron chi connectivity index (χ3n) is 2.93. The van der Waals surface area contributed by atoms with Crippen molar-refractivity contribution in [3.05, 3.63) is 63.1 Å². The van der Waals surface area contributed by atoms with E-state index >= 15 is 0 Å². The summed E-state index contributed by atoms with van der Waals surface area (Å²) >= 11 is 3.23. The summed E-state index contributed by atoms with van der Waals surface area (Å²) < 4.78 is 27.3. The number of benzene rings is 2.